The predicted molar refractivity (Wildman–Crippen MR) is 94.9 cm³/mol. The highest BCUT2D eigenvalue weighted by Crippen LogP contribution is 2.27. The fourth-order valence-electron chi connectivity index (χ4n) is 2.18. The van der Waals surface area contributed by atoms with Crippen LogP contribution in [-0.2, 0) is 0 Å². The molecular formula is C18H19N3S. The number of aromatic nitrogens is 2. The standard InChI is InChI=1S/C18H19N3S/c1-2-3-13-22-18-20-16-12-8-7-11-15(16)17(21-18)19-14-9-5-4-6-10-14/h4-12H,2-3,13H2,1H3,(H,19,20,21). The fraction of sp³-hybridized carbons (Fsp3) is 0.222. The molecule has 0 saturated carbocycles. The Morgan fingerprint density at radius 2 is 1.73 bits per heavy atom. The van der Waals surface area contributed by atoms with Crippen LogP contribution in [0.4, 0.5) is 11.5 Å². The molecule has 1 heterocycles. The van der Waals surface area contributed by atoms with E-state index in [1.165, 1.54) is 12.8 Å². The topological polar surface area (TPSA) is 37.8 Å². The number of para-hydroxylation sites is 2. The molecule has 0 saturated heterocycles. The first kappa shape index (κ1) is 14.9. The van der Waals surface area contributed by atoms with Gasteiger partial charge in [-0.1, -0.05) is 55.4 Å². The van der Waals surface area contributed by atoms with Crippen molar-refractivity contribution in [1.82, 2.24) is 9.97 Å². The van der Waals surface area contributed by atoms with Crippen molar-refractivity contribution in [3.05, 3.63) is 54.6 Å². The number of nitrogens with zero attached hydrogens (tertiary/aromatic N) is 2. The molecule has 0 atom stereocenters. The van der Waals surface area contributed by atoms with Crippen LogP contribution in [0.2, 0.25) is 0 Å². The quantitative estimate of drug-likeness (QED) is 0.382. The molecule has 3 rings (SSSR count). The zero-order chi connectivity index (χ0) is 15.2. The lowest BCUT2D eigenvalue weighted by molar-refractivity contribution is 0.891. The molecule has 3 aromatic rings. The van der Waals surface area contributed by atoms with Crippen LogP contribution in [0.5, 0.6) is 0 Å². The summed E-state index contributed by atoms with van der Waals surface area (Å²) in [4.78, 5) is 9.37. The molecule has 0 bridgehead atoms. The van der Waals surface area contributed by atoms with Crippen LogP contribution < -0.4 is 5.32 Å². The molecule has 22 heavy (non-hydrogen) atoms. The van der Waals surface area contributed by atoms with E-state index in [9.17, 15) is 0 Å². The summed E-state index contributed by atoms with van der Waals surface area (Å²) < 4.78 is 0. The molecule has 1 aromatic heterocycles. The molecule has 0 amide bonds. The highest BCUT2D eigenvalue weighted by molar-refractivity contribution is 7.99. The summed E-state index contributed by atoms with van der Waals surface area (Å²) in [7, 11) is 0. The largest absolute Gasteiger partial charge is 0.340 e. The highest BCUT2D eigenvalue weighted by Gasteiger charge is 2.08. The molecule has 112 valence electrons. The fourth-order valence-corrected chi connectivity index (χ4v) is 3.12. The van der Waals surface area contributed by atoms with Gasteiger partial charge >= 0.3 is 0 Å². The van der Waals surface area contributed by atoms with Crippen molar-refractivity contribution in [1.29, 1.82) is 0 Å². The van der Waals surface area contributed by atoms with Gasteiger partial charge in [-0.3, -0.25) is 0 Å². The van der Waals surface area contributed by atoms with Crippen molar-refractivity contribution in [2.75, 3.05) is 11.1 Å². The first-order valence-corrected chi connectivity index (χ1v) is 8.57. The Kier molecular flexibility index (Phi) is 4.91. The van der Waals surface area contributed by atoms with E-state index in [0.717, 1.165) is 33.3 Å². The summed E-state index contributed by atoms with van der Waals surface area (Å²) in [5, 5.41) is 5.30. The number of nitrogens with one attached hydrogen (secondary N) is 1. The van der Waals surface area contributed by atoms with Crippen molar-refractivity contribution in [2.24, 2.45) is 0 Å². The van der Waals surface area contributed by atoms with Gasteiger partial charge in [0.25, 0.3) is 0 Å². The summed E-state index contributed by atoms with van der Waals surface area (Å²) in [6.45, 7) is 2.20. The van der Waals surface area contributed by atoms with Crippen LogP contribution in [0.1, 0.15) is 19.8 Å². The van der Waals surface area contributed by atoms with Crippen molar-refractivity contribution < 1.29 is 0 Å². The van der Waals surface area contributed by atoms with Gasteiger partial charge in [0.2, 0.25) is 0 Å². The van der Waals surface area contributed by atoms with E-state index in [0.29, 0.717) is 0 Å². The third kappa shape index (κ3) is 3.57. The Morgan fingerprint density at radius 1 is 0.955 bits per heavy atom. The smallest absolute Gasteiger partial charge is 0.190 e. The molecule has 0 radical (unpaired) electrons. The van der Waals surface area contributed by atoms with E-state index in [-0.39, 0.29) is 0 Å². The molecule has 0 spiro atoms. The van der Waals surface area contributed by atoms with Gasteiger partial charge in [0.1, 0.15) is 5.82 Å². The van der Waals surface area contributed by atoms with Gasteiger partial charge in [0.15, 0.2) is 5.16 Å². The molecule has 0 aliphatic heterocycles. The normalized spacial score (nSPS) is 10.8. The van der Waals surface area contributed by atoms with Crippen LogP contribution in [-0.4, -0.2) is 15.7 Å². The third-order valence-corrected chi connectivity index (χ3v) is 4.28. The van der Waals surface area contributed by atoms with Crippen molar-refractivity contribution in [3.63, 3.8) is 0 Å². The molecular weight excluding hydrogens is 290 g/mol. The Bertz CT molecular complexity index is 744. The van der Waals surface area contributed by atoms with Crippen molar-refractivity contribution in [3.8, 4) is 0 Å². The number of anilines is 2. The average Bonchev–Trinajstić information content (AvgIpc) is 2.56. The van der Waals surface area contributed by atoms with Crippen LogP contribution in [0.15, 0.2) is 59.8 Å². The summed E-state index contributed by atoms with van der Waals surface area (Å²) in [6.07, 6.45) is 2.37. The van der Waals surface area contributed by atoms with Crippen LogP contribution in [0.25, 0.3) is 10.9 Å². The highest BCUT2D eigenvalue weighted by atomic mass is 32.2. The van der Waals surface area contributed by atoms with E-state index in [1.54, 1.807) is 11.8 Å². The Morgan fingerprint density at radius 3 is 2.55 bits per heavy atom. The van der Waals surface area contributed by atoms with Crippen LogP contribution >= 0.6 is 11.8 Å². The van der Waals surface area contributed by atoms with Gasteiger partial charge in [-0.05, 0) is 30.7 Å². The first-order valence-electron chi connectivity index (χ1n) is 7.58. The van der Waals surface area contributed by atoms with E-state index in [2.05, 4.69) is 23.3 Å². The Balaban J connectivity index is 1.95. The van der Waals surface area contributed by atoms with Crippen molar-refractivity contribution in [2.45, 2.75) is 24.9 Å². The van der Waals surface area contributed by atoms with Gasteiger partial charge in [-0.2, -0.15) is 0 Å². The van der Waals surface area contributed by atoms with Gasteiger partial charge in [0, 0.05) is 16.8 Å². The van der Waals surface area contributed by atoms with Crippen molar-refractivity contribution >= 4 is 34.2 Å². The minimum atomic E-state index is 0.839. The average molecular weight is 309 g/mol. The van der Waals surface area contributed by atoms with Crippen LogP contribution in [0, 0.1) is 0 Å². The number of benzene rings is 2. The number of fused-ring (bicyclic) bond motifs is 1. The molecule has 3 nitrogen and oxygen atoms in total. The number of hydrogen-bond donors (Lipinski definition) is 1. The Labute approximate surface area is 135 Å². The van der Waals surface area contributed by atoms with Gasteiger partial charge in [-0.25, -0.2) is 9.97 Å². The van der Waals surface area contributed by atoms with E-state index >= 15 is 0 Å². The zero-order valence-electron chi connectivity index (χ0n) is 12.6. The molecule has 0 unspecified atom stereocenters. The first-order chi connectivity index (χ1) is 10.9. The molecule has 4 heteroatoms. The second kappa shape index (κ2) is 7.27. The maximum Gasteiger partial charge on any atom is 0.190 e. The number of unbranched alkanes of at least 4 members (excludes halogenated alkanes) is 1. The van der Waals surface area contributed by atoms with Gasteiger partial charge < -0.3 is 5.32 Å². The summed E-state index contributed by atoms with van der Waals surface area (Å²) in [5.41, 5.74) is 2.02. The minimum Gasteiger partial charge on any atom is -0.340 e. The number of rotatable bonds is 6. The molecule has 0 aliphatic carbocycles. The summed E-state index contributed by atoms with van der Waals surface area (Å²) >= 11 is 1.72. The van der Waals surface area contributed by atoms with E-state index < -0.39 is 0 Å². The lowest BCUT2D eigenvalue weighted by Gasteiger charge is -2.10. The maximum absolute atomic E-state index is 4.71. The van der Waals surface area contributed by atoms with Gasteiger partial charge in [-0.15, -0.1) is 0 Å². The minimum absolute atomic E-state index is 0.839. The molecule has 2 aromatic carbocycles. The predicted octanol–water partition coefficient (Wildman–Crippen LogP) is 5.27. The second-order valence-electron chi connectivity index (χ2n) is 5.06. The van der Waals surface area contributed by atoms with Crippen LogP contribution in [0.3, 0.4) is 0 Å². The number of thioether (sulfide) groups is 1. The lowest BCUT2D eigenvalue weighted by Crippen LogP contribution is -1.98. The van der Waals surface area contributed by atoms with E-state index in [1.807, 2.05) is 48.5 Å². The molecule has 0 fully saturated rings. The number of hydrogen-bond acceptors (Lipinski definition) is 4. The maximum atomic E-state index is 4.71. The van der Waals surface area contributed by atoms with E-state index in [4.69, 9.17) is 4.98 Å². The zero-order valence-corrected chi connectivity index (χ0v) is 13.4. The lowest BCUT2D eigenvalue weighted by atomic mass is 10.2. The second-order valence-corrected chi connectivity index (χ2v) is 6.13. The molecule has 1 N–H and O–H groups in total. The monoisotopic (exact) mass is 309 g/mol. The third-order valence-electron chi connectivity index (χ3n) is 3.35. The SMILES string of the molecule is CCCCSc1nc(Nc2ccccc2)c2ccccc2n1. The molecule has 0 aliphatic rings. The Hall–Kier alpha value is -2.07. The van der Waals surface area contributed by atoms with Gasteiger partial charge in [0.05, 0.1) is 5.52 Å². The summed E-state index contributed by atoms with van der Waals surface area (Å²) in [6, 6.07) is 18.3. The summed E-state index contributed by atoms with van der Waals surface area (Å²) in [5.74, 6) is 1.93.